The smallest absolute Gasteiger partial charge is 0.0314 e. The summed E-state index contributed by atoms with van der Waals surface area (Å²) in [6, 6.07) is 2.76. The number of halogens is 1. The van der Waals surface area contributed by atoms with Crippen molar-refractivity contribution < 1.29 is 0 Å². The van der Waals surface area contributed by atoms with Gasteiger partial charge in [-0.05, 0) is 78.9 Å². The zero-order valence-corrected chi connectivity index (χ0v) is 14.2. The largest absolute Gasteiger partial charge is 0.313 e. The normalized spacial score (nSPS) is 17.3. The predicted molar refractivity (Wildman–Crippen MR) is 89.0 cm³/mol. The van der Waals surface area contributed by atoms with Gasteiger partial charge in [-0.2, -0.15) is 0 Å². The molecular weight excluding hydrogens is 318 g/mol. The number of allylic oxidation sites excluding steroid dienone is 1. The molecule has 0 bridgehead atoms. The molecule has 0 aromatic carbocycles. The third-order valence-electron chi connectivity index (χ3n) is 3.70. The first-order valence-corrected chi connectivity index (χ1v) is 9.10. The fraction of sp³-hybridized carbons (Fsp3) is 0.625. The number of hydrogen-bond donors (Lipinski definition) is 1. The lowest BCUT2D eigenvalue weighted by Crippen LogP contribution is -2.32. The van der Waals surface area contributed by atoms with E-state index < -0.39 is 0 Å². The van der Waals surface area contributed by atoms with E-state index in [-0.39, 0.29) is 0 Å². The molecule has 1 aromatic heterocycles. The van der Waals surface area contributed by atoms with Gasteiger partial charge < -0.3 is 5.32 Å². The molecule has 1 heterocycles. The van der Waals surface area contributed by atoms with Crippen LogP contribution in [0.4, 0.5) is 0 Å². The van der Waals surface area contributed by atoms with E-state index >= 15 is 0 Å². The van der Waals surface area contributed by atoms with Gasteiger partial charge in [0.05, 0.1) is 0 Å². The maximum Gasteiger partial charge on any atom is 0.0314 e. The molecule has 0 fully saturated rings. The van der Waals surface area contributed by atoms with E-state index in [1.807, 2.05) is 11.3 Å². The molecule has 1 aliphatic carbocycles. The molecule has 3 heteroatoms. The highest BCUT2D eigenvalue weighted by molar-refractivity contribution is 9.10. The lowest BCUT2D eigenvalue weighted by Gasteiger charge is -2.22. The van der Waals surface area contributed by atoms with Crippen molar-refractivity contribution in [3.63, 3.8) is 0 Å². The van der Waals surface area contributed by atoms with Crippen LogP contribution in [0.5, 0.6) is 0 Å². The van der Waals surface area contributed by atoms with Crippen LogP contribution in [-0.4, -0.2) is 12.6 Å². The molecule has 19 heavy (non-hydrogen) atoms. The summed E-state index contributed by atoms with van der Waals surface area (Å²) in [5.74, 6) is 0. The summed E-state index contributed by atoms with van der Waals surface area (Å²) in [7, 11) is 0. The van der Waals surface area contributed by atoms with Crippen LogP contribution >= 0.6 is 27.3 Å². The summed E-state index contributed by atoms with van der Waals surface area (Å²) in [6.45, 7) is 3.37. The standard InChI is InChI=1S/C16H24BrNS/c1-2-9-18-14(11-13-6-4-3-5-7-13)12-16-15(17)8-10-19-16/h6,8,10,14,18H,2-5,7,9,11-12H2,1H3. The second-order valence-electron chi connectivity index (χ2n) is 5.36. The van der Waals surface area contributed by atoms with Crippen LogP contribution in [0.25, 0.3) is 0 Å². The van der Waals surface area contributed by atoms with Gasteiger partial charge in [0.15, 0.2) is 0 Å². The Balaban J connectivity index is 1.94. The van der Waals surface area contributed by atoms with Gasteiger partial charge in [0, 0.05) is 15.4 Å². The molecule has 1 N–H and O–H groups in total. The van der Waals surface area contributed by atoms with Crippen LogP contribution in [0, 0.1) is 0 Å². The molecule has 0 aliphatic heterocycles. The summed E-state index contributed by atoms with van der Waals surface area (Å²) in [4.78, 5) is 1.48. The lowest BCUT2D eigenvalue weighted by atomic mass is 9.93. The van der Waals surface area contributed by atoms with E-state index in [1.165, 1.54) is 47.9 Å². The van der Waals surface area contributed by atoms with Crippen LogP contribution in [-0.2, 0) is 6.42 Å². The molecule has 0 radical (unpaired) electrons. The fourth-order valence-corrected chi connectivity index (χ4v) is 4.26. The summed E-state index contributed by atoms with van der Waals surface area (Å²) in [6.07, 6.45) is 11.4. The zero-order chi connectivity index (χ0) is 13.5. The van der Waals surface area contributed by atoms with Crippen LogP contribution < -0.4 is 5.32 Å². The number of hydrogen-bond acceptors (Lipinski definition) is 2. The molecular formula is C16H24BrNS. The second-order valence-corrected chi connectivity index (χ2v) is 7.21. The Labute approximate surface area is 129 Å². The van der Waals surface area contributed by atoms with E-state index in [0.29, 0.717) is 6.04 Å². The average molecular weight is 342 g/mol. The van der Waals surface area contributed by atoms with Gasteiger partial charge in [-0.1, -0.05) is 18.6 Å². The van der Waals surface area contributed by atoms with Crippen molar-refractivity contribution >= 4 is 27.3 Å². The molecule has 1 aromatic rings. The van der Waals surface area contributed by atoms with Crippen LogP contribution in [0.3, 0.4) is 0 Å². The number of rotatable bonds is 7. The first-order chi connectivity index (χ1) is 9.29. The van der Waals surface area contributed by atoms with Crippen molar-refractivity contribution in [1.82, 2.24) is 5.32 Å². The molecule has 1 aliphatic rings. The minimum absolute atomic E-state index is 0.597. The van der Waals surface area contributed by atoms with Crippen molar-refractivity contribution in [2.75, 3.05) is 6.54 Å². The van der Waals surface area contributed by atoms with Crippen molar-refractivity contribution in [2.24, 2.45) is 0 Å². The third kappa shape index (κ3) is 5.05. The molecule has 1 unspecified atom stereocenters. The van der Waals surface area contributed by atoms with E-state index in [0.717, 1.165) is 13.0 Å². The van der Waals surface area contributed by atoms with Crippen LogP contribution in [0.2, 0.25) is 0 Å². The summed E-state index contributed by atoms with van der Waals surface area (Å²) < 4.78 is 1.28. The Morgan fingerprint density at radius 1 is 1.37 bits per heavy atom. The highest BCUT2D eigenvalue weighted by Gasteiger charge is 2.15. The van der Waals surface area contributed by atoms with Crippen molar-refractivity contribution in [3.8, 4) is 0 Å². The number of thiophene rings is 1. The maximum atomic E-state index is 3.73. The van der Waals surface area contributed by atoms with Crippen molar-refractivity contribution in [2.45, 2.75) is 57.9 Å². The SMILES string of the molecule is CCCNC(CC1=CCCCC1)Cc1sccc1Br. The van der Waals surface area contributed by atoms with Crippen LogP contribution in [0.15, 0.2) is 27.6 Å². The summed E-state index contributed by atoms with van der Waals surface area (Å²) in [5, 5.41) is 5.90. The Hall–Kier alpha value is -0.120. The molecule has 106 valence electrons. The minimum atomic E-state index is 0.597. The molecule has 2 rings (SSSR count). The van der Waals surface area contributed by atoms with Crippen molar-refractivity contribution in [3.05, 3.63) is 32.4 Å². The van der Waals surface area contributed by atoms with Crippen molar-refractivity contribution in [1.29, 1.82) is 0 Å². The topological polar surface area (TPSA) is 12.0 Å². The van der Waals surface area contributed by atoms with Gasteiger partial charge in [-0.25, -0.2) is 0 Å². The maximum absolute atomic E-state index is 3.73. The lowest BCUT2D eigenvalue weighted by molar-refractivity contribution is 0.492. The molecule has 0 amide bonds. The van der Waals surface area contributed by atoms with Gasteiger partial charge in [-0.3, -0.25) is 0 Å². The highest BCUT2D eigenvalue weighted by Crippen LogP contribution is 2.27. The van der Waals surface area contributed by atoms with Gasteiger partial charge in [0.1, 0.15) is 0 Å². The van der Waals surface area contributed by atoms with Crippen LogP contribution in [0.1, 0.15) is 50.3 Å². The fourth-order valence-electron chi connectivity index (χ4n) is 2.67. The zero-order valence-electron chi connectivity index (χ0n) is 11.8. The number of nitrogens with one attached hydrogen (secondary N) is 1. The summed E-state index contributed by atoms with van der Waals surface area (Å²) in [5.41, 5.74) is 1.67. The molecule has 1 nitrogen and oxygen atoms in total. The second kappa shape index (κ2) is 8.23. The Bertz CT molecular complexity index is 411. The highest BCUT2D eigenvalue weighted by atomic mass is 79.9. The predicted octanol–water partition coefficient (Wildman–Crippen LogP) is 5.31. The third-order valence-corrected chi connectivity index (χ3v) is 5.65. The van der Waals surface area contributed by atoms with E-state index in [4.69, 9.17) is 0 Å². The quantitative estimate of drug-likeness (QED) is 0.662. The molecule has 0 saturated heterocycles. The Kier molecular flexibility index (Phi) is 6.62. The molecule has 0 spiro atoms. The first kappa shape index (κ1) is 15.3. The first-order valence-electron chi connectivity index (χ1n) is 7.42. The van der Waals surface area contributed by atoms with E-state index in [2.05, 4.69) is 45.7 Å². The van der Waals surface area contributed by atoms with Gasteiger partial charge >= 0.3 is 0 Å². The Morgan fingerprint density at radius 3 is 2.89 bits per heavy atom. The molecule has 1 atom stereocenters. The minimum Gasteiger partial charge on any atom is -0.313 e. The van der Waals surface area contributed by atoms with Gasteiger partial charge in [0.25, 0.3) is 0 Å². The Morgan fingerprint density at radius 2 is 2.26 bits per heavy atom. The average Bonchev–Trinajstić information content (AvgIpc) is 2.83. The van der Waals surface area contributed by atoms with Gasteiger partial charge in [-0.15, -0.1) is 11.3 Å². The van der Waals surface area contributed by atoms with Gasteiger partial charge in [0.2, 0.25) is 0 Å². The van der Waals surface area contributed by atoms with E-state index in [1.54, 1.807) is 5.57 Å². The summed E-state index contributed by atoms with van der Waals surface area (Å²) >= 11 is 5.52. The molecule has 0 saturated carbocycles. The van der Waals surface area contributed by atoms with E-state index in [9.17, 15) is 0 Å². The monoisotopic (exact) mass is 341 g/mol.